The molecule has 2 aromatic rings. The highest BCUT2D eigenvalue weighted by Gasteiger charge is 2.13. The SMILES string of the molecule is COc1cc(C(N)=S)cc(Cl)c1OCCOc1ccccc1. The summed E-state index contributed by atoms with van der Waals surface area (Å²) in [5.74, 6) is 1.71. The molecule has 0 aromatic heterocycles. The summed E-state index contributed by atoms with van der Waals surface area (Å²) in [6.07, 6.45) is 0. The zero-order valence-corrected chi connectivity index (χ0v) is 13.6. The van der Waals surface area contributed by atoms with Gasteiger partial charge in [0.05, 0.1) is 12.1 Å². The van der Waals surface area contributed by atoms with Crippen LogP contribution in [-0.2, 0) is 0 Å². The molecule has 0 aliphatic rings. The summed E-state index contributed by atoms with van der Waals surface area (Å²) in [7, 11) is 1.53. The molecule has 2 aromatic carbocycles. The standard InChI is InChI=1S/C16H16ClNO3S/c1-19-14-10-11(16(18)22)9-13(17)15(14)21-8-7-20-12-5-3-2-4-6-12/h2-6,9-10H,7-8H2,1H3,(H2,18,22). The van der Waals surface area contributed by atoms with Gasteiger partial charge in [-0.3, -0.25) is 0 Å². The first-order valence-electron chi connectivity index (χ1n) is 6.60. The Balaban J connectivity index is 1.99. The Morgan fingerprint density at radius 2 is 1.82 bits per heavy atom. The van der Waals surface area contributed by atoms with E-state index < -0.39 is 0 Å². The normalized spacial score (nSPS) is 10.1. The van der Waals surface area contributed by atoms with Crippen LogP contribution >= 0.6 is 23.8 Å². The number of hydrogen-bond donors (Lipinski definition) is 1. The van der Waals surface area contributed by atoms with Gasteiger partial charge in [0.15, 0.2) is 11.5 Å². The number of rotatable bonds is 7. The molecule has 0 bridgehead atoms. The topological polar surface area (TPSA) is 53.7 Å². The van der Waals surface area contributed by atoms with Gasteiger partial charge < -0.3 is 19.9 Å². The highest BCUT2D eigenvalue weighted by Crippen LogP contribution is 2.36. The Bertz CT molecular complexity index is 649. The fraction of sp³-hybridized carbons (Fsp3) is 0.188. The van der Waals surface area contributed by atoms with Crippen LogP contribution in [0.15, 0.2) is 42.5 Å². The molecule has 22 heavy (non-hydrogen) atoms. The molecule has 0 amide bonds. The lowest BCUT2D eigenvalue weighted by Crippen LogP contribution is -2.12. The van der Waals surface area contributed by atoms with Crippen molar-refractivity contribution < 1.29 is 14.2 Å². The van der Waals surface area contributed by atoms with E-state index in [1.807, 2.05) is 30.3 Å². The second kappa shape index (κ2) is 7.87. The van der Waals surface area contributed by atoms with Crippen molar-refractivity contribution in [1.29, 1.82) is 0 Å². The molecule has 0 aliphatic heterocycles. The largest absolute Gasteiger partial charge is 0.493 e. The lowest BCUT2D eigenvalue weighted by molar-refractivity contribution is 0.211. The minimum Gasteiger partial charge on any atom is -0.493 e. The van der Waals surface area contributed by atoms with Crippen molar-refractivity contribution in [3.63, 3.8) is 0 Å². The monoisotopic (exact) mass is 337 g/mol. The quantitative estimate of drug-likeness (QED) is 0.619. The van der Waals surface area contributed by atoms with Gasteiger partial charge in [-0.2, -0.15) is 0 Å². The first-order valence-corrected chi connectivity index (χ1v) is 7.38. The summed E-state index contributed by atoms with van der Waals surface area (Å²) in [5, 5.41) is 0.391. The molecule has 116 valence electrons. The van der Waals surface area contributed by atoms with Crippen LogP contribution in [0.25, 0.3) is 0 Å². The number of methoxy groups -OCH3 is 1. The molecule has 0 saturated carbocycles. The molecule has 2 N–H and O–H groups in total. The van der Waals surface area contributed by atoms with E-state index >= 15 is 0 Å². The van der Waals surface area contributed by atoms with Crippen LogP contribution in [0.3, 0.4) is 0 Å². The molecule has 0 aliphatic carbocycles. The van der Waals surface area contributed by atoms with E-state index in [0.717, 1.165) is 5.75 Å². The molecular formula is C16H16ClNO3S. The predicted octanol–water partition coefficient (Wildman–Crippen LogP) is 3.44. The van der Waals surface area contributed by atoms with Gasteiger partial charge in [-0.05, 0) is 24.3 Å². The van der Waals surface area contributed by atoms with Gasteiger partial charge in [-0.25, -0.2) is 0 Å². The second-order valence-electron chi connectivity index (χ2n) is 4.36. The Morgan fingerprint density at radius 1 is 1.14 bits per heavy atom. The Labute approximate surface area is 139 Å². The van der Waals surface area contributed by atoms with Gasteiger partial charge >= 0.3 is 0 Å². The van der Waals surface area contributed by atoms with E-state index in [1.165, 1.54) is 7.11 Å². The Morgan fingerprint density at radius 3 is 2.45 bits per heavy atom. The average Bonchev–Trinajstić information content (AvgIpc) is 2.53. The minimum absolute atomic E-state index is 0.249. The third-order valence-corrected chi connectivity index (χ3v) is 3.37. The average molecular weight is 338 g/mol. The molecular weight excluding hydrogens is 322 g/mol. The van der Waals surface area contributed by atoms with Gasteiger partial charge in [0, 0.05) is 5.56 Å². The van der Waals surface area contributed by atoms with Crippen LogP contribution in [0.2, 0.25) is 5.02 Å². The third kappa shape index (κ3) is 4.26. The molecule has 6 heteroatoms. The lowest BCUT2D eigenvalue weighted by atomic mass is 10.2. The summed E-state index contributed by atoms with van der Waals surface area (Å²) < 4.78 is 16.5. The summed E-state index contributed by atoms with van der Waals surface area (Å²) in [4.78, 5) is 0.249. The van der Waals surface area contributed by atoms with E-state index in [2.05, 4.69) is 0 Å². The zero-order valence-electron chi connectivity index (χ0n) is 12.0. The van der Waals surface area contributed by atoms with Crippen molar-refractivity contribution in [2.24, 2.45) is 5.73 Å². The summed E-state index contributed by atoms with van der Waals surface area (Å²) in [6, 6.07) is 12.9. The summed E-state index contributed by atoms with van der Waals surface area (Å²) >= 11 is 11.1. The number of para-hydroxylation sites is 1. The fourth-order valence-corrected chi connectivity index (χ4v) is 2.21. The van der Waals surface area contributed by atoms with E-state index in [1.54, 1.807) is 12.1 Å². The van der Waals surface area contributed by atoms with Crippen LogP contribution in [0.4, 0.5) is 0 Å². The summed E-state index contributed by atoms with van der Waals surface area (Å²) in [6.45, 7) is 0.720. The predicted molar refractivity (Wildman–Crippen MR) is 91.3 cm³/mol. The van der Waals surface area contributed by atoms with E-state index in [4.69, 9.17) is 43.8 Å². The van der Waals surface area contributed by atoms with Crippen LogP contribution in [0.1, 0.15) is 5.56 Å². The van der Waals surface area contributed by atoms with Gasteiger partial charge in [-0.1, -0.05) is 42.0 Å². The van der Waals surface area contributed by atoms with E-state index in [9.17, 15) is 0 Å². The lowest BCUT2D eigenvalue weighted by Gasteiger charge is -2.14. The van der Waals surface area contributed by atoms with Crippen molar-refractivity contribution in [3.05, 3.63) is 53.1 Å². The molecule has 4 nitrogen and oxygen atoms in total. The van der Waals surface area contributed by atoms with Crippen molar-refractivity contribution in [1.82, 2.24) is 0 Å². The number of ether oxygens (including phenoxy) is 3. The molecule has 0 unspecified atom stereocenters. The molecule has 0 fully saturated rings. The van der Waals surface area contributed by atoms with Crippen molar-refractivity contribution in [2.75, 3.05) is 20.3 Å². The zero-order chi connectivity index (χ0) is 15.9. The molecule has 0 heterocycles. The van der Waals surface area contributed by atoms with E-state index in [0.29, 0.717) is 35.3 Å². The minimum atomic E-state index is 0.249. The number of halogens is 1. The maximum atomic E-state index is 6.19. The second-order valence-corrected chi connectivity index (χ2v) is 5.21. The van der Waals surface area contributed by atoms with Gasteiger partial charge in [0.1, 0.15) is 24.0 Å². The smallest absolute Gasteiger partial charge is 0.179 e. The van der Waals surface area contributed by atoms with Crippen LogP contribution in [0.5, 0.6) is 17.2 Å². The summed E-state index contributed by atoms with van der Waals surface area (Å²) in [5.41, 5.74) is 6.23. The number of thiocarbonyl (C=S) groups is 1. The first kappa shape index (κ1) is 16.4. The number of nitrogens with two attached hydrogens (primary N) is 1. The van der Waals surface area contributed by atoms with E-state index in [-0.39, 0.29) is 4.99 Å². The number of benzene rings is 2. The maximum Gasteiger partial charge on any atom is 0.179 e. The molecule has 0 saturated heterocycles. The van der Waals surface area contributed by atoms with Gasteiger partial charge in [-0.15, -0.1) is 0 Å². The van der Waals surface area contributed by atoms with Crippen LogP contribution in [0, 0.1) is 0 Å². The Hall–Kier alpha value is -1.98. The fourth-order valence-electron chi connectivity index (χ4n) is 1.82. The molecule has 0 radical (unpaired) electrons. The highest BCUT2D eigenvalue weighted by atomic mass is 35.5. The van der Waals surface area contributed by atoms with Gasteiger partial charge in [0.2, 0.25) is 0 Å². The van der Waals surface area contributed by atoms with Gasteiger partial charge in [0.25, 0.3) is 0 Å². The molecule has 0 spiro atoms. The molecule has 2 rings (SSSR count). The third-order valence-electron chi connectivity index (χ3n) is 2.86. The van der Waals surface area contributed by atoms with Crippen molar-refractivity contribution >= 4 is 28.8 Å². The number of hydrogen-bond acceptors (Lipinski definition) is 4. The van der Waals surface area contributed by atoms with Crippen LogP contribution < -0.4 is 19.9 Å². The first-order chi connectivity index (χ1) is 10.6. The van der Waals surface area contributed by atoms with Crippen molar-refractivity contribution in [2.45, 2.75) is 0 Å². The highest BCUT2D eigenvalue weighted by molar-refractivity contribution is 7.80. The molecule has 0 atom stereocenters. The Kier molecular flexibility index (Phi) is 5.86. The van der Waals surface area contributed by atoms with Crippen LogP contribution in [-0.4, -0.2) is 25.3 Å². The van der Waals surface area contributed by atoms with Crippen molar-refractivity contribution in [3.8, 4) is 17.2 Å². The maximum absolute atomic E-state index is 6.19.